The molecule has 0 spiro atoms. The van der Waals surface area contributed by atoms with Crippen LogP contribution in [-0.4, -0.2) is 18.2 Å². The Morgan fingerprint density at radius 1 is 1.00 bits per heavy atom. The number of ether oxygens (including phenoxy) is 2. The highest BCUT2D eigenvalue weighted by Gasteiger charge is 2.12. The van der Waals surface area contributed by atoms with Crippen molar-refractivity contribution >= 4 is 0 Å². The average Bonchev–Trinajstić information content (AvgIpc) is 2.38. The molecule has 0 radical (unpaired) electrons. The van der Waals surface area contributed by atoms with Gasteiger partial charge in [-0.3, -0.25) is 4.79 Å². The summed E-state index contributed by atoms with van der Waals surface area (Å²) in [6, 6.07) is 10.7. The molecule has 0 bridgehead atoms. The van der Waals surface area contributed by atoms with E-state index in [0.29, 0.717) is 13.2 Å². The van der Waals surface area contributed by atoms with Gasteiger partial charge in [0.05, 0.1) is 0 Å². The summed E-state index contributed by atoms with van der Waals surface area (Å²) in [6.45, 7) is 1.14. The summed E-state index contributed by atoms with van der Waals surface area (Å²) < 4.78 is 10.9. The monoisotopic (exact) mass is 229 g/mol. The third-order valence-corrected chi connectivity index (χ3v) is 2.62. The van der Waals surface area contributed by atoms with Crippen LogP contribution in [0.3, 0.4) is 0 Å². The van der Waals surface area contributed by atoms with Crippen LogP contribution >= 0.6 is 0 Å². The molecule has 1 aliphatic heterocycles. The largest absolute Gasteiger partial charge is 0.486 e. The zero-order chi connectivity index (χ0) is 11.7. The average molecular weight is 229 g/mol. The normalized spacial score (nSPS) is 13.4. The van der Waals surface area contributed by atoms with Gasteiger partial charge in [0.1, 0.15) is 13.2 Å². The van der Waals surface area contributed by atoms with E-state index in [0.717, 1.165) is 22.8 Å². The molecule has 2 heterocycles. The highest BCUT2D eigenvalue weighted by atomic mass is 16.6. The van der Waals surface area contributed by atoms with Crippen LogP contribution in [-0.2, 0) is 0 Å². The molecular weight excluding hydrogens is 218 g/mol. The molecule has 0 saturated heterocycles. The fourth-order valence-electron chi connectivity index (χ4n) is 1.83. The second-order valence-corrected chi connectivity index (χ2v) is 3.79. The predicted molar refractivity (Wildman–Crippen MR) is 63.5 cm³/mol. The van der Waals surface area contributed by atoms with Crippen molar-refractivity contribution in [1.29, 1.82) is 0 Å². The smallest absolute Gasteiger partial charge is 0.248 e. The summed E-state index contributed by atoms with van der Waals surface area (Å²) in [7, 11) is 0. The molecule has 4 nitrogen and oxygen atoms in total. The molecule has 0 amide bonds. The molecule has 0 unspecified atom stereocenters. The van der Waals surface area contributed by atoms with Gasteiger partial charge in [-0.2, -0.15) is 0 Å². The van der Waals surface area contributed by atoms with E-state index in [1.165, 1.54) is 6.07 Å². The first-order chi connectivity index (χ1) is 8.33. The number of H-pyrrole nitrogens is 1. The molecule has 1 aromatic heterocycles. The van der Waals surface area contributed by atoms with Crippen LogP contribution in [0.25, 0.3) is 11.3 Å². The van der Waals surface area contributed by atoms with Crippen LogP contribution in [0.1, 0.15) is 0 Å². The van der Waals surface area contributed by atoms with Gasteiger partial charge in [0.15, 0.2) is 11.5 Å². The highest BCUT2D eigenvalue weighted by Crippen LogP contribution is 2.33. The summed E-state index contributed by atoms with van der Waals surface area (Å²) in [4.78, 5) is 14.0. The number of fused-ring (bicyclic) bond motifs is 1. The number of benzene rings is 1. The molecule has 0 atom stereocenters. The number of nitrogens with one attached hydrogen (secondary N) is 1. The minimum absolute atomic E-state index is 0.114. The number of hydrogen-bond donors (Lipinski definition) is 1. The Bertz CT molecular complexity index is 604. The zero-order valence-corrected chi connectivity index (χ0v) is 9.10. The molecule has 1 N–H and O–H groups in total. The van der Waals surface area contributed by atoms with Crippen molar-refractivity contribution in [3.05, 3.63) is 46.8 Å². The van der Waals surface area contributed by atoms with E-state index < -0.39 is 0 Å². The summed E-state index contributed by atoms with van der Waals surface area (Å²) in [5.41, 5.74) is 1.57. The molecule has 3 rings (SSSR count). The third-order valence-electron chi connectivity index (χ3n) is 2.62. The number of aromatic nitrogens is 1. The van der Waals surface area contributed by atoms with Gasteiger partial charge in [0.25, 0.3) is 0 Å². The van der Waals surface area contributed by atoms with Crippen molar-refractivity contribution in [3.63, 3.8) is 0 Å². The molecule has 1 aliphatic rings. The molecule has 2 aromatic rings. The molecule has 0 saturated carbocycles. The first kappa shape index (κ1) is 9.96. The van der Waals surface area contributed by atoms with Crippen LogP contribution in [0.2, 0.25) is 0 Å². The minimum atomic E-state index is -0.114. The highest BCUT2D eigenvalue weighted by molar-refractivity contribution is 5.63. The van der Waals surface area contributed by atoms with Crippen molar-refractivity contribution in [2.24, 2.45) is 0 Å². The van der Waals surface area contributed by atoms with E-state index in [-0.39, 0.29) is 5.56 Å². The first-order valence-corrected chi connectivity index (χ1v) is 5.42. The summed E-state index contributed by atoms with van der Waals surface area (Å²) in [6.07, 6.45) is 0. The second-order valence-electron chi connectivity index (χ2n) is 3.79. The number of rotatable bonds is 1. The summed E-state index contributed by atoms with van der Waals surface area (Å²) in [5, 5.41) is 0. The standard InChI is InChI=1S/C13H11NO3/c15-13-3-1-2-10(14-13)9-4-5-11-12(8-9)17-7-6-16-11/h1-5,8H,6-7H2,(H,14,15). The van der Waals surface area contributed by atoms with Crippen molar-refractivity contribution in [1.82, 2.24) is 4.98 Å². The Morgan fingerprint density at radius 3 is 2.65 bits per heavy atom. The number of pyridine rings is 1. The lowest BCUT2D eigenvalue weighted by Crippen LogP contribution is -2.15. The molecule has 17 heavy (non-hydrogen) atoms. The van der Waals surface area contributed by atoms with Crippen LogP contribution in [0.15, 0.2) is 41.2 Å². The van der Waals surface area contributed by atoms with E-state index in [4.69, 9.17) is 9.47 Å². The Hall–Kier alpha value is -2.23. The van der Waals surface area contributed by atoms with Gasteiger partial charge in [-0.1, -0.05) is 6.07 Å². The lowest BCUT2D eigenvalue weighted by atomic mass is 10.1. The zero-order valence-electron chi connectivity index (χ0n) is 9.10. The molecule has 0 aliphatic carbocycles. The van der Waals surface area contributed by atoms with E-state index in [1.807, 2.05) is 24.3 Å². The fraction of sp³-hybridized carbons (Fsp3) is 0.154. The van der Waals surface area contributed by atoms with Crippen LogP contribution in [0, 0.1) is 0 Å². The van der Waals surface area contributed by atoms with Crippen LogP contribution in [0.5, 0.6) is 11.5 Å². The van der Waals surface area contributed by atoms with Gasteiger partial charge >= 0.3 is 0 Å². The number of aromatic amines is 1. The SMILES string of the molecule is O=c1cccc(-c2ccc3c(c2)OCCO3)[nH]1. The quantitative estimate of drug-likeness (QED) is 0.811. The van der Waals surface area contributed by atoms with Crippen molar-refractivity contribution in [2.45, 2.75) is 0 Å². The van der Waals surface area contributed by atoms with Crippen molar-refractivity contribution in [3.8, 4) is 22.8 Å². The number of hydrogen-bond acceptors (Lipinski definition) is 3. The van der Waals surface area contributed by atoms with E-state index in [2.05, 4.69) is 4.98 Å². The lowest BCUT2D eigenvalue weighted by molar-refractivity contribution is 0.171. The minimum Gasteiger partial charge on any atom is -0.486 e. The predicted octanol–water partition coefficient (Wildman–Crippen LogP) is 1.81. The van der Waals surface area contributed by atoms with Gasteiger partial charge in [-0.15, -0.1) is 0 Å². The van der Waals surface area contributed by atoms with Crippen LogP contribution < -0.4 is 15.0 Å². The first-order valence-electron chi connectivity index (χ1n) is 5.42. The molecule has 86 valence electrons. The Morgan fingerprint density at radius 2 is 1.82 bits per heavy atom. The fourth-order valence-corrected chi connectivity index (χ4v) is 1.83. The van der Waals surface area contributed by atoms with Gasteiger partial charge in [-0.25, -0.2) is 0 Å². The second kappa shape index (κ2) is 3.97. The van der Waals surface area contributed by atoms with Gasteiger partial charge in [0.2, 0.25) is 5.56 Å². The molecule has 1 aromatic carbocycles. The van der Waals surface area contributed by atoms with E-state index in [1.54, 1.807) is 6.07 Å². The summed E-state index contributed by atoms with van der Waals surface area (Å²) in [5.74, 6) is 1.47. The third kappa shape index (κ3) is 1.89. The molecule has 0 fully saturated rings. The molecule has 4 heteroatoms. The molecular formula is C13H11NO3. The van der Waals surface area contributed by atoms with Gasteiger partial charge in [-0.05, 0) is 24.3 Å². The Kier molecular flexibility index (Phi) is 2.33. The Balaban J connectivity index is 2.07. The lowest BCUT2D eigenvalue weighted by Gasteiger charge is -2.18. The maximum absolute atomic E-state index is 11.2. The Labute approximate surface area is 97.8 Å². The van der Waals surface area contributed by atoms with Crippen molar-refractivity contribution < 1.29 is 9.47 Å². The summed E-state index contributed by atoms with van der Waals surface area (Å²) >= 11 is 0. The van der Waals surface area contributed by atoms with Crippen LogP contribution in [0.4, 0.5) is 0 Å². The van der Waals surface area contributed by atoms with Gasteiger partial charge in [0, 0.05) is 17.3 Å². The topological polar surface area (TPSA) is 51.3 Å². The van der Waals surface area contributed by atoms with Crippen molar-refractivity contribution in [2.75, 3.05) is 13.2 Å². The maximum atomic E-state index is 11.2. The maximum Gasteiger partial charge on any atom is 0.248 e. The van der Waals surface area contributed by atoms with E-state index >= 15 is 0 Å². The van der Waals surface area contributed by atoms with Gasteiger partial charge < -0.3 is 14.5 Å². The van der Waals surface area contributed by atoms with E-state index in [9.17, 15) is 4.79 Å².